The number of rotatable bonds is 6. The van der Waals surface area contributed by atoms with Crippen LogP contribution in [0.5, 0.6) is 5.75 Å². The first-order valence-corrected chi connectivity index (χ1v) is 7.64. The zero-order valence-corrected chi connectivity index (χ0v) is 12.5. The number of anilines is 1. The minimum absolute atomic E-state index is 0.0989. The number of hydrogen-bond donors (Lipinski definition) is 4. The van der Waals surface area contributed by atoms with Crippen molar-refractivity contribution >= 4 is 29.3 Å². The van der Waals surface area contributed by atoms with Gasteiger partial charge in [-0.25, -0.2) is 10.9 Å². The highest BCUT2D eigenvalue weighted by atomic mass is 32.2. The first-order chi connectivity index (χ1) is 10.2. The zero-order chi connectivity index (χ0) is 15.1. The summed E-state index contributed by atoms with van der Waals surface area (Å²) in [6, 6.07) is 7.18. The number of carbonyl (C=O) groups excluding carboxylic acids is 2. The summed E-state index contributed by atoms with van der Waals surface area (Å²) in [6.07, 6.45) is 0. The quantitative estimate of drug-likeness (QED) is 0.603. The molecule has 1 aromatic carbocycles. The van der Waals surface area contributed by atoms with Gasteiger partial charge in [0.2, 0.25) is 11.8 Å². The van der Waals surface area contributed by atoms with E-state index in [1.54, 1.807) is 24.3 Å². The van der Waals surface area contributed by atoms with Crippen LogP contribution in [0.4, 0.5) is 5.69 Å². The summed E-state index contributed by atoms with van der Waals surface area (Å²) in [6.45, 7) is 2.76. The molecule has 0 aromatic heterocycles. The van der Waals surface area contributed by atoms with Gasteiger partial charge in [-0.05, 0) is 31.2 Å². The van der Waals surface area contributed by atoms with Crippen LogP contribution in [0.3, 0.4) is 0 Å². The lowest BCUT2D eigenvalue weighted by Crippen LogP contribution is -2.58. The third kappa shape index (κ3) is 5.25. The van der Waals surface area contributed by atoms with E-state index in [-0.39, 0.29) is 29.6 Å². The molecule has 0 aliphatic carbocycles. The van der Waals surface area contributed by atoms with Crippen LogP contribution >= 0.6 is 11.8 Å². The third-order valence-corrected chi connectivity index (χ3v) is 3.60. The minimum Gasteiger partial charge on any atom is -0.494 e. The zero-order valence-electron chi connectivity index (χ0n) is 11.6. The molecule has 1 fully saturated rings. The van der Waals surface area contributed by atoms with Crippen LogP contribution in [-0.4, -0.2) is 36.2 Å². The molecule has 7 nitrogen and oxygen atoms in total. The van der Waals surface area contributed by atoms with Crippen molar-refractivity contribution in [2.24, 2.45) is 0 Å². The number of amides is 2. The molecule has 1 heterocycles. The Bertz CT molecular complexity index is 495. The van der Waals surface area contributed by atoms with Crippen LogP contribution in [0.25, 0.3) is 0 Å². The Kier molecular flexibility index (Phi) is 5.85. The van der Waals surface area contributed by atoms with Gasteiger partial charge in [0, 0.05) is 5.69 Å². The van der Waals surface area contributed by atoms with E-state index in [0.29, 0.717) is 12.3 Å². The van der Waals surface area contributed by atoms with Crippen molar-refractivity contribution in [2.75, 3.05) is 24.2 Å². The van der Waals surface area contributed by atoms with Crippen LogP contribution in [0.1, 0.15) is 6.92 Å². The maximum atomic E-state index is 11.8. The lowest BCUT2D eigenvalue weighted by Gasteiger charge is -2.24. The van der Waals surface area contributed by atoms with Gasteiger partial charge in [-0.15, -0.1) is 11.8 Å². The predicted molar refractivity (Wildman–Crippen MR) is 81.8 cm³/mol. The lowest BCUT2D eigenvalue weighted by molar-refractivity contribution is -0.122. The average Bonchev–Trinajstić information content (AvgIpc) is 2.48. The highest BCUT2D eigenvalue weighted by Crippen LogP contribution is 2.16. The molecule has 0 saturated carbocycles. The van der Waals surface area contributed by atoms with Crippen LogP contribution in [0.15, 0.2) is 24.3 Å². The van der Waals surface area contributed by atoms with Crippen molar-refractivity contribution in [1.29, 1.82) is 0 Å². The summed E-state index contributed by atoms with van der Waals surface area (Å²) in [5.74, 6) is 0.765. The molecular formula is C13H18N4O3S. The molecule has 0 bridgehead atoms. The number of ether oxygens (including phenoxy) is 1. The summed E-state index contributed by atoms with van der Waals surface area (Å²) in [5.41, 5.74) is 6.03. The van der Waals surface area contributed by atoms with Gasteiger partial charge in [-0.3, -0.25) is 9.59 Å². The first kappa shape index (κ1) is 15.6. The van der Waals surface area contributed by atoms with E-state index in [1.807, 2.05) is 6.92 Å². The second-order valence-corrected chi connectivity index (χ2v) is 5.36. The highest BCUT2D eigenvalue weighted by molar-refractivity contribution is 8.00. The standard InChI is InChI=1S/C13H18N4O3S/c1-2-20-10-5-3-9(4-6-10)15-12(19)8-21-13-16-11(18)7-14-17-13/h3-6,13-14,17H,2,7-8H2,1H3,(H,15,19)(H,16,18). The monoisotopic (exact) mass is 310 g/mol. The Morgan fingerprint density at radius 3 is 2.86 bits per heavy atom. The van der Waals surface area contributed by atoms with Crippen molar-refractivity contribution in [3.63, 3.8) is 0 Å². The summed E-state index contributed by atoms with van der Waals surface area (Å²) >= 11 is 1.30. The third-order valence-electron chi connectivity index (χ3n) is 2.60. The SMILES string of the molecule is CCOc1ccc(NC(=O)CSC2NNCC(=O)N2)cc1. The normalized spacial score (nSPS) is 18.0. The van der Waals surface area contributed by atoms with Crippen molar-refractivity contribution < 1.29 is 14.3 Å². The largest absolute Gasteiger partial charge is 0.494 e. The summed E-state index contributed by atoms with van der Waals surface area (Å²) < 4.78 is 5.33. The molecule has 2 amide bonds. The van der Waals surface area contributed by atoms with Gasteiger partial charge in [-0.1, -0.05) is 0 Å². The van der Waals surface area contributed by atoms with Crippen LogP contribution in [0.2, 0.25) is 0 Å². The molecule has 0 spiro atoms. The fourth-order valence-corrected chi connectivity index (χ4v) is 2.47. The number of hydrogen-bond acceptors (Lipinski definition) is 6. The van der Waals surface area contributed by atoms with E-state index < -0.39 is 0 Å². The molecule has 114 valence electrons. The van der Waals surface area contributed by atoms with Crippen LogP contribution in [-0.2, 0) is 9.59 Å². The molecule has 1 atom stereocenters. The topological polar surface area (TPSA) is 91.5 Å². The van der Waals surface area contributed by atoms with Crippen molar-refractivity contribution in [2.45, 2.75) is 12.4 Å². The number of thioether (sulfide) groups is 1. The fourth-order valence-electron chi connectivity index (χ4n) is 1.70. The van der Waals surface area contributed by atoms with E-state index in [4.69, 9.17) is 4.74 Å². The number of carbonyl (C=O) groups is 2. The first-order valence-electron chi connectivity index (χ1n) is 6.59. The van der Waals surface area contributed by atoms with E-state index in [1.165, 1.54) is 11.8 Å². The molecule has 1 aliphatic heterocycles. The number of hydrazine groups is 1. The number of nitrogens with one attached hydrogen (secondary N) is 4. The average molecular weight is 310 g/mol. The lowest BCUT2D eigenvalue weighted by atomic mass is 10.3. The minimum atomic E-state index is -0.308. The molecule has 1 aromatic rings. The molecule has 21 heavy (non-hydrogen) atoms. The smallest absolute Gasteiger partial charge is 0.237 e. The maximum Gasteiger partial charge on any atom is 0.237 e. The highest BCUT2D eigenvalue weighted by Gasteiger charge is 2.18. The van der Waals surface area contributed by atoms with Gasteiger partial charge in [0.1, 0.15) is 11.2 Å². The second-order valence-electron chi connectivity index (χ2n) is 4.26. The fraction of sp³-hybridized carbons (Fsp3) is 0.385. The molecule has 8 heteroatoms. The van der Waals surface area contributed by atoms with Crippen molar-refractivity contribution in [1.82, 2.24) is 16.2 Å². The Labute approximate surface area is 127 Å². The van der Waals surface area contributed by atoms with E-state index >= 15 is 0 Å². The summed E-state index contributed by atoms with van der Waals surface area (Å²) in [7, 11) is 0. The van der Waals surface area contributed by atoms with E-state index in [2.05, 4.69) is 21.5 Å². The van der Waals surface area contributed by atoms with Gasteiger partial charge < -0.3 is 15.4 Å². The molecule has 1 unspecified atom stereocenters. The van der Waals surface area contributed by atoms with Gasteiger partial charge in [0.05, 0.1) is 18.9 Å². The molecule has 0 radical (unpaired) electrons. The van der Waals surface area contributed by atoms with E-state index in [0.717, 1.165) is 5.75 Å². The van der Waals surface area contributed by atoms with Gasteiger partial charge >= 0.3 is 0 Å². The Hall–Kier alpha value is -1.77. The molecule has 4 N–H and O–H groups in total. The number of benzene rings is 1. The predicted octanol–water partition coefficient (Wildman–Crippen LogP) is 0.265. The second kappa shape index (κ2) is 7.87. The van der Waals surface area contributed by atoms with E-state index in [9.17, 15) is 9.59 Å². The molecule has 1 aliphatic rings. The summed E-state index contributed by atoms with van der Waals surface area (Å²) in [5, 5.41) is 5.50. The van der Waals surface area contributed by atoms with Gasteiger partial charge in [0.25, 0.3) is 0 Å². The van der Waals surface area contributed by atoms with Gasteiger partial charge in [-0.2, -0.15) is 0 Å². The molecule has 1 saturated heterocycles. The van der Waals surface area contributed by atoms with Crippen LogP contribution in [0, 0.1) is 0 Å². The molecule has 2 rings (SSSR count). The Morgan fingerprint density at radius 1 is 1.43 bits per heavy atom. The van der Waals surface area contributed by atoms with Gasteiger partial charge in [0.15, 0.2) is 0 Å². The molecular weight excluding hydrogens is 292 g/mol. The van der Waals surface area contributed by atoms with Crippen molar-refractivity contribution in [3.05, 3.63) is 24.3 Å². The maximum absolute atomic E-state index is 11.8. The Morgan fingerprint density at radius 2 is 2.19 bits per heavy atom. The summed E-state index contributed by atoms with van der Waals surface area (Å²) in [4.78, 5) is 23.0. The Balaban J connectivity index is 1.74. The van der Waals surface area contributed by atoms with Crippen LogP contribution < -0.4 is 26.2 Å². The van der Waals surface area contributed by atoms with Crippen molar-refractivity contribution in [3.8, 4) is 5.75 Å².